The lowest BCUT2D eigenvalue weighted by Gasteiger charge is -2.37. The van der Waals surface area contributed by atoms with E-state index in [2.05, 4.69) is 24.3 Å². The lowest BCUT2D eigenvalue weighted by molar-refractivity contribution is -0.120. The second kappa shape index (κ2) is 6.55. The van der Waals surface area contributed by atoms with Crippen LogP contribution in [-0.2, 0) is 9.45 Å². The van der Waals surface area contributed by atoms with Crippen LogP contribution in [0.1, 0.15) is 64.9 Å². The summed E-state index contributed by atoms with van der Waals surface area (Å²) in [5.74, 6) is 0.913. The van der Waals surface area contributed by atoms with Gasteiger partial charge in [0.2, 0.25) is 0 Å². The summed E-state index contributed by atoms with van der Waals surface area (Å²) in [6.45, 7) is 7.34. The molecule has 22 heavy (non-hydrogen) atoms. The van der Waals surface area contributed by atoms with E-state index < -0.39 is 11.2 Å². The zero-order valence-corrected chi connectivity index (χ0v) is 14.2. The molecule has 0 amide bonds. The maximum atomic E-state index is 11.3. The minimum atomic E-state index is -0.887. The number of hydrogen-bond donors (Lipinski definition) is 1. The molecule has 1 aromatic rings. The third-order valence-corrected chi connectivity index (χ3v) is 5.07. The number of rotatable bonds is 5. The molecular weight excluding hydrogens is 275 g/mol. The molecule has 3 nitrogen and oxygen atoms in total. The average Bonchev–Trinajstić information content (AvgIpc) is 2.45. The first kappa shape index (κ1) is 17.2. The molecule has 4 heteroatoms. The number of hydrogen-bond acceptors (Lipinski definition) is 3. The number of Topliss-reactive ketones (excluding diaryl/α,β-unsaturated/α-hetero) is 1. The first-order valence-electron chi connectivity index (χ1n) is 8.16. The molecule has 0 aliphatic heterocycles. The van der Waals surface area contributed by atoms with E-state index in [1.165, 1.54) is 5.56 Å². The van der Waals surface area contributed by atoms with E-state index in [-0.39, 0.29) is 0 Å². The zero-order valence-electron chi connectivity index (χ0n) is 14.2. The van der Waals surface area contributed by atoms with Crippen molar-refractivity contribution >= 4 is 18.7 Å². The molecule has 0 heterocycles. The Morgan fingerprint density at radius 2 is 1.64 bits per heavy atom. The van der Waals surface area contributed by atoms with Crippen LogP contribution >= 0.6 is 0 Å². The molecule has 0 aromatic heterocycles. The van der Waals surface area contributed by atoms with Gasteiger partial charge in [0, 0.05) is 12.8 Å². The Kier molecular flexibility index (Phi) is 5.13. The van der Waals surface area contributed by atoms with Crippen LogP contribution in [0.3, 0.4) is 0 Å². The van der Waals surface area contributed by atoms with Gasteiger partial charge in [-0.3, -0.25) is 4.79 Å². The fourth-order valence-corrected chi connectivity index (χ4v) is 2.60. The highest BCUT2D eigenvalue weighted by molar-refractivity contribution is 6.47. The van der Waals surface area contributed by atoms with Gasteiger partial charge < -0.3 is 9.76 Å². The van der Waals surface area contributed by atoms with Crippen molar-refractivity contribution in [2.75, 3.05) is 0 Å². The van der Waals surface area contributed by atoms with Crippen LogP contribution in [-0.4, -0.2) is 29.6 Å². The maximum Gasteiger partial charge on any atom is 0.309 e. The molecule has 0 unspecified atom stereocenters. The van der Waals surface area contributed by atoms with Crippen molar-refractivity contribution in [2.24, 2.45) is 0 Å². The second-order valence-corrected chi connectivity index (χ2v) is 7.41. The fourth-order valence-electron chi connectivity index (χ4n) is 2.60. The molecule has 0 spiro atoms. The highest BCUT2D eigenvalue weighted by atomic mass is 16.5. The molecule has 120 valence electrons. The minimum Gasteiger partial charge on any atom is -0.427 e. The van der Waals surface area contributed by atoms with Crippen molar-refractivity contribution in [1.82, 2.24) is 0 Å². The molecule has 1 fully saturated rings. The number of ketones is 1. The van der Waals surface area contributed by atoms with Crippen molar-refractivity contribution in [3.8, 4) is 0 Å². The van der Waals surface area contributed by atoms with Crippen LogP contribution in [0, 0.1) is 0 Å². The van der Waals surface area contributed by atoms with Crippen LogP contribution in [0.5, 0.6) is 0 Å². The minimum absolute atomic E-state index is 0.398. The number of aliphatic hydroxyl groups is 1. The highest BCUT2D eigenvalue weighted by Gasteiger charge is 2.35. The summed E-state index contributed by atoms with van der Waals surface area (Å²) in [5.41, 5.74) is 0.933. The average molecular weight is 302 g/mol. The van der Waals surface area contributed by atoms with Crippen LogP contribution in [0.2, 0.25) is 0 Å². The SMILES string of the molecule is CC(C)(O)C(C)(C)OBc1ccc(C2CCC(=O)CC2)cc1. The smallest absolute Gasteiger partial charge is 0.309 e. The third-order valence-electron chi connectivity index (χ3n) is 5.07. The Bertz CT molecular complexity index is 504. The summed E-state index contributed by atoms with van der Waals surface area (Å²) < 4.78 is 5.88. The summed E-state index contributed by atoms with van der Waals surface area (Å²) in [4.78, 5) is 11.3. The molecule has 1 N–H and O–H groups in total. The monoisotopic (exact) mass is 302 g/mol. The number of benzene rings is 1. The molecule has 2 rings (SSSR count). The Morgan fingerprint density at radius 1 is 1.09 bits per heavy atom. The lowest BCUT2D eigenvalue weighted by Crippen LogP contribution is -2.49. The van der Waals surface area contributed by atoms with Crippen molar-refractivity contribution < 1.29 is 14.6 Å². The van der Waals surface area contributed by atoms with Crippen molar-refractivity contribution in [3.63, 3.8) is 0 Å². The molecule has 1 saturated carbocycles. The van der Waals surface area contributed by atoms with E-state index in [0.29, 0.717) is 19.2 Å². The normalized spacial score (nSPS) is 17.6. The first-order valence-corrected chi connectivity index (χ1v) is 8.16. The van der Waals surface area contributed by atoms with Gasteiger partial charge in [-0.1, -0.05) is 29.7 Å². The Labute approximate surface area is 134 Å². The molecule has 0 bridgehead atoms. The summed E-state index contributed by atoms with van der Waals surface area (Å²) in [7, 11) is 0.487. The summed E-state index contributed by atoms with van der Waals surface area (Å²) >= 11 is 0. The van der Waals surface area contributed by atoms with Crippen LogP contribution < -0.4 is 5.46 Å². The van der Waals surface area contributed by atoms with E-state index in [1.54, 1.807) is 13.8 Å². The first-order chi connectivity index (χ1) is 10.2. The van der Waals surface area contributed by atoms with E-state index in [1.807, 2.05) is 13.8 Å². The lowest BCUT2D eigenvalue weighted by atomic mass is 9.80. The molecule has 0 radical (unpaired) electrons. The van der Waals surface area contributed by atoms with Crippen molar-refractivity contribution in [2.45, 2.75) is 70.5 Å². The maximum absolute atomic E-state index is 11.3. The van der Waals surface area contributed by atoms with E-state index >= 15 is 0 Å². The Hall–Kier alpha value is -1.13. The molecular formula is C18H27BO3. The molecule has 0 saturated heterocycles. The second-order valence-electron chi connectivity index (χ2n) is 7.41. The molecule has 1 aliphatic carbocycles. The number of carbonyl (C=O) groups is 1. The van der Waals surface area contributed by atoms with Gasteiger partial charge in [-0.2, -0.15) is 0 Å². The van der Waals surface area contributed by atoms with E-state index in [9.17, 15) is 9.90 Å². The highest BCUT2D eigenvalue weighted by Crippen LogP contribution is 2.30. The Balaban J connectivity index is 1.94. The standard InChI is InChI=1S/C18H27BO3/c1-17(2,21)18(3,4)22-19-15-9-5-13(6-10-15)14-7-11-16(20)12-8-14/h5-6,9-10,14,19,21H,7-8,11-12H2,1-4H3. The van der Waals surface area contributed by atoms with E-state index in [0.717, 1.165) is 31.1 Å². The third kappa shape index (κ3) is 4.20. The van der Waals surface area contributed by atoms with Crippen molar-refractivity contribution in [1.29, 1.82) is 0 Å². The van der Waals surface area contributed by atoms with E-state index in [4.69, 9.17) is 4.65 Å². The topological polar surface area (TPSA) is 46.5 Å². The van der Waals surface area contributed by atoms with Gasteiger partial charge in [0.1, 0.15) is 5.78 Å². The van der Waals surface area contributed by atoms with Crippen molar-refractivity contribution in [3.05, 3.63) is 29.8 Å². The zero-order chi connectivity index (χ0) is 16.4. The quantitative estimate of drug-likeness (QED) is 0.850. The summed E-state index contributed by atoms with van der Waals surface area (Å²) in [6, 6.07) is 8.48. The molecule has 1 aliphatic rings. The predicted octanol–water partition coefficient (Wildman–Crippen LogP) is 2.46. The van der Waals surface area contributed by atoms with Gasteiger partial charge in [-0.05, 0) is 52.0 Å². The van der Waals surface area contributed by atoms with Gasteiger partial charge >= 0.3 is 7.48 Å². The van der Waals surface area contributed by atoms with Gasteiger partial charge in [-0.25, -0.2) is 0 Å². The summed E-state index contributed by atoms with van der Waals surface area (Å²) in [5, 5.41) is 10.1. The fraction of sp³-hybridized carbons (Fsp3) is 0.611. The van der Waals surface area contributed by atoms with Crippen LogP contribution in [0.4, 0.5) is 0 Å². The largest absolute Gasteiger partial charge is 0.427 e. The van der Waals surface area contributed by atoms with Gasteiger partial charge in [0.25, 0.3) is 0 Å². The van der Waals surface area contributed by atoms with Gasteiger partial charge in [0.05, 0.1) is 11.2 Å². The molecule has 0 atom stereocenters. The number of carbonyl (C=O) groups excluding carboxylic acids is 1. The van der Waals surface area contributed by atoms with Gasteiger partial charge in [0.15, 0.2) is 0 Å². The van der Waals surface area contributed by atoms with Gasteiger partial charge in [-0.15, -0.1) is 0 Å². The van der Waals surface area contributed by atoms with Crippen LogP contribution in [0.25, 0.3) is 0 Å². The summed E-state index contributed by atoms with van der Waals surface area (Å²) in [6.07, 6.45) is 3.38. The predicted molar refractivity (Wildman–Crippen MR) is 90.9 cm³/mol. The molecule has 1 aromatic carbocycles. The Morgan fingerprint density at radius 3 is 2.14 bits per heavy atom. The van der Waals surface area contributed by atoms with Crippen LogP contribution in [0.15, 0.2) is 24.3 Å².